The number of hydrogen-bond donors (Lipinski definition) is 1. The third-order valence-electron chi connectivity index (χ3n) is 4.56. The summed E-state index contributed by atoms with van der Waals surface area (Å²) in [4.78, 5) is 14.5. The van der Waals surface area contributed by atoms with E-state index in [1.807, 2.05) is 38.1 Å². The van der Waals surface area contributed by atoms with Crippen molar-refractivity contribution >= 4 is 5.91 Å². The highest BCUT2D eigenvalue weighted by Gasteiger charge is 2.45. The first kappa shape index (κ1) is 16.0. The fourth-order valence-electron chi connectivity index (χ4n) is 3.55. The van der Waals surface area contributed by atoms with E-state index in [-0.39, 0.29) is 24.2 Å². The Labute approximate surface area is 137 Å². The third kappa shape index (κ3) is 3.54. The summed E-state index contributed by atoms with van der Waals surface area (Å²) >= 11 is 0. The van der Waals surface area contributed by atoms with Crippen LogP contribution in [0.5, 0.6) is 0 Å². The van der Waals surface area contributed by atoms with Gasteiger partial charge in [0.25, 0.3) is 0 Å². The van der Waals surface area contributed by atoms with E-state index in [4.69, 9.17) is 10.00 Å². The van der Waals surface area contributed by atoms with Crippen molar-refractivity contribution in [2.75, 3.05) is 6.54 Å². The standard InChI is InChI=1S/C18H23N3O2/c1-12(2)20-18(22)17-9-15-16(23-17)6-7-21(15)11-14-5-3-4-13(8-14)10-19/h3-5,8,12,15-17H,6-7,9,11H2,1-2H3,(H,20,22)/t15-,16-,17-/m0/s1. The zero-order valence-electron chi connectivity index (χ0n) is 13.7. The maximum atomic E-state index is 12.1. The molecule has 2 saturated heterocycles. The number of benzene rings is 1. The Balaban J connectivity index is 1.63. The predicted molar refractivity (Wildman–Crippen MR) is 86.5 cm³/mol. The molecule has 0 saturated carbocycles. The van der Waals surface area contributed by atoms with Crippen molar-refractivity contribution in [3.05, 3.63) is 35.4 Å². The van der Waals surface area contributed by atoms with E-state index in [1.54, 1.807) is 0 Å². The Kier molecular flexibility index (Phi) is 4.65. The number of fused-ring (bicyclic) bond motifs is 1. The molecular formula is C18H23N3O2. The van der Waals surface area contributed by atoms with Crippen molar-refractivity contribution in [3.63, 3.8) is 0 Å². The second-order valence-electron chi connectivity index (χ2n) is 6.70. The summed E-state index contributed by atoms with van der Waals surface area (Å²) in [7, 11) is 0. The lowest BCUT2D eigenvalue weighted by Gasteiger charge is -2.23. The van der Waals surface area contributed by atoms with Gasteiger partial charge in [0.2, 0.25) is 5.91 Å². The van der Waals surface area contributed by atoms with Crippen molar-refractivity contribution in [2.45, 2.75) is 57.5 Å². The molecule has 0 bridgehead atoms. The summed E-state index contributed by atoms with van der Waals surface area (Å²) in [5.74, 6) is 0.000767. The Morgan fingerprint density at radius 2 is 2.35 bits per heavy atom. The average molecular weight is 313 g/mol. The van der Waals surface area contributed by atoms with Gasteiger partial charge in [0.15, 0.2) is 0 Å². The maximum absolute atomic E-state index is 12.1. The smallest absolute Gasteiger partial charge is 0.249 e. The Morgan fingerprint density at radius 1 is 1.52 bits per heavy atom. The number of carbonyl (C=O) groups is 1. The largest absolute Gasteiger partial charge is 0.363 e. The van der Waals surface area contributed by atoms with E-state index >= 15 is 0 Å². The molecule has 1 amide bonds. The summed E-state index contributed by atoms with van der Waals surface area (Å²) in [6.45, 7) is 5.70. The Bertz CT molecular complexity index is 623. The van der Waals surface area contributed by atoms with Crippen LogP contribution in [0.2, 0.25) is 0 Å². The van der Waals surface area contributed by atoms with Gasteiger partial charge in [-0.3, -0.25) is 9.69 Å². The fraction of sp³-hybridized carbons (Fsp3) is 0.556. The highest BCUT2D eigenvalue weighted by atomic mass is 16.5. The summed E-state index contributed by atoms with van der Waals surface area (Å²) in [6, 6.07) is 10.3. The third-order valence-corrected chi connectivity index (χ3v) is 4.56. The normalized spacial score (nSPS) is 27.0. The zero-order chi connectivity index (χ0) is 16.4. The second-order valence-corrected chi connectivity index (χ2v) is 6.70. The molecule has 0 radical (unpaired) electrons. The molecule has 2 heterocycles. The van der Waals surface area contributed by atoms with E-state index in [9.17, 15) is 4.79 Å². The molecule has 1 aromatic rings. The Hall–Kier alpha value is -1.90. The van der Waals surface area contributed by atoms with Gasteiger partial charge in [0.1, 0.15) is 6.10 Å². The molecule has 2 aliphatic rings. The molecule has 1 aromatic carbocycles. The Morgan fingerprint density at radius 3 is 3.09 bits per heavy atom. The number of carbonyl (C=O) groups excluding carboxylic acids is 1. The monoisotopic (exact) mass is 313 g/mol. The quantitative estimate of drug-likeness (QED) is 0.921. The lowest BCUT2D eigenvalue weighted by Crippen LogP contribution is -2.39. The van der Waals surface area contributed by atoms with Crippen molar-refractivity contribution in [1.29, 1.82) is 5.26 Å². The summed E-state index contributed by atoms with van der Waals surface area (Å²) in [6.07, 6.45) is 1.53. The van der Waals surface area contributed by atoms with E-state index in [2.05, 4.69) is 16.3 Å². The van der Waals surface area contributed by atoms with Gasteiger partial charge in [0, 0.05) is 31.6 Å². The second kappa shape index (κ2) is 6.69. The number of amides is 1. The van der Waals surface area contributed by atoms with Gasteiger partial charge >= 0.3 is 0 Å². The minimum atomic E-state index is -0.333. The van der Waals surface area contributed by atoms with Crippen LogP contribution >= 0.6 is 0 Å². The number of likely N-dealkylation sites (tertiary alicyclic amines) is 1. The van der Waals surface area contributed by atoms with Crippen molar-refractivity contribution in [1.82, 2.24) is 10.2 Å². The molecule has 1 N–H and O–H groups in total. The molecule has 0 unspecified atom stereocenters. The molecule has 2 aliphatic heterocycles. The van der Waals surface area contributed by atoms with Crippen molar-refractivity contribution in [3.8, 4) is 6.07 Å². The molecular weight excluding hydrogens is 290 g/mol. The highest BCUT2D eigenvalue weighted by Crippen LogP contribution is 2.34. The number of nitriles is 1. The minimum absolute atomic E-state index is 0.000767. The number of rotatable bonds is 4. The first-order valence-electron chi connectivity index (χ1n) is 8.25. The van der Waals surface area contributed by atoms with Crippen LogP contribution in [0.1, 0.15) is 37.8 Å². The van der Waals surface area contributed by atoms with Gasteiger partial charge in [-0.15, -0.1) is 0 Å². The van der Waals surface area contributed by atoms with E-state index in [0.29, 0.717) is 11.6 Å². The highest BCUT2D eigenvalue weighted by molar-refractivity contribution is 5.81. The molecule has 0 spiro atoms. The first-order chi connectivity index (χ1) is 11.1. The molecule has 5 heteroatoms. The number of ether oxygens (including phenoxy) is 1. The van der Waals surface area contributed by atoms with Crippen molar-refractivity contribution < 1.29 is 9.53 Å². The van der Waals surface area contributed by atoms with Crippen LogP contribution in [0.4, 0.5) is 0 Å². The van der Waals surface area contributed by atoms with Gasteiger partial charge in [-0.25, -0.2) is 0 Å². The fourth-order valence-corrected chi connectivity index (χ4v) is 3.55. The predicted octanol–water partition coefficient (Wildman–Crippen LogP) is 1.81. The lowest BCUT2D eigenvalue weighted by atomic mass is 10.1. The first-order valence-corrected chi connectivity index (χ1v) is 8.25. The van der Waals surface area contributed by atoms with Crippen LogP contribution < -0.4 is 5.32 Å². The van der Waals surface area contributed by atoms with Crippen LogP contribution in [-0.2, 0) is 16.1 Å². The van der Waals surface area contributed by atoms with E-state index in [1.165, 1.54) is 0 Å². The lowest BCUT2D eigenvalue weighted by molar-refractivity contribution is -0.132. The SMILES string of the molecule is CC(C)NC(=O)[C@@H]1C[C@H]2[C@H](CCN2Cc2cccc(C#N)c2)O1. The average Bonchev–Trinajstić information content (AvgIpc) is 3.09. The van der Waals surface area contributed by atoms with Gasteiger partial charge in [0.05, 0.1) is 17.7 Å². The van der Waals surface area contributed by atoms with Crippen LogP contribution in [0.3, 0.4) is 0 Å². The van der Waals surface area contributed by atoms with Crippen LogP contribution in [0.25, 0.3) is 0 Å². The molecule has 3 rings (SSSR count). The maximum Gasteiger partial charge on any atom is 0.249 e. The number of hydrogen-bond acceptors (Lipinski definition) is 4. The van der Waals surface area contributed by atoms with Crippen molar-refractivity contribution in [2.24, 2.45) is 0 Å². The summed E-state index contributed by atoms with van der Waals surface area (Å²) in [5.41, 5.74) is 1.83. The van der Waals surface area contributed by atoms with E-state index < -0.39 is 0 Å². The van der Waals surface area contributed by atoms with Gasteiger partial charge in [-0.05, 0) is 38.0 Å². The molecule has 0 aromatic heterocycles. The molecule has 0 aliphatic carbocycles. The molecule has 3 atom stereocenters. The molecule has 5 nitrogen and oxygen atoms in total. The summed E-state index contributed by atoms with van der Waals surface area (Å²) in [5, 5.41) is 11.9. The van der Waals surface area contributed by atoms with Crippen LogP contribution in [0, 0.1) is 11.3 Å². The topological polar surface area (TPSA) is 65.4 Å². The zero-order valence-corrected chi connectivity index (χ0v) is 13.7. The number of nitrogens with zero attached hydrogens (tertiary/aromatic N) is 2. The number of nitrogens with one attached hydrogen (secondary N) is 1. The minimum Gasteiger partial charge on any atom is -0.363 e. The molecule has 23 heavy (non-hydrogen) atoms. The van der Waals surface area contributed by atoms with E-state index in [0.717, 1.165) is 31.5 Å². The van der Waals surface area contributed by atoms with Gasteiger partial charge in [-0.1, -0.05) is 12.1 Å². The molecule has 122 valence electrons. The van der Waals surface area contributed by atoms with Crippen LogP contribution in [-0.4, -0.2) is 41.6 Å². The summed E-state index contributed by atoms with van der Waals surface area (Å²) < 4.78 is 5.95. The van der Waals surface area contributed by atoms with Gasteiger partial charge < -0.3 is 10.1 Å². The van der Waals surface area contributed by atoms with Gasteiger partial charge in [-0.2, -0.15) is 5.26 Å². The van der Waals surface area contributed by atoms with Crippen LogP contribution in [0.15, 0.2) is 24.3 Å². The molecule has 2 fully saturated rings.